The van der Waals surface area contributed by atoms with E-state index >= 15 is 0 Å². The molecule has 1 aromatic heterocycles. The number of thiazole rings is 1. The first-order chi connectivity index (χ1) is 16.7. The minimum Gasteiger partial charge on any atom is -0.300 e. The number of nitrogens with zero attached hydrogens (tertiary/aromatic N) is 2. The van der Waals surface area contributed by atoms with E-state index in [2.05, 4.69) is 10.3 Å². The van der Waals surface area contributed by atoms with Gasteiger partial charge in [-0.05, 0) is 23.8 Å². The number of hydrogen-bond acceptors (Lipinski definition) is 5. The molecule has 1 aliphatic heterocycles. The first-order valence-corrected chi connectivity index (χ1v) is 12.8. The molecule has 3 aromatic rings. The van der Waals surface area contributed by atoms with Crippen molar-refractivity contribution in [1.29, 1.82) is 0 Å². The molecule has 3 amide bonds. The molecule has 1 N–H and O–H groups in total. The van der Waals surface area contributed by atoms with Gasteiger partial charge in [0.2, 0.25) is 17.7 Å². The molecule has 3 unspecified atom stereocenters. The topological polar surface area (TPSA) is 79.4 Å². The minimum atomic E-state index is -0.947. The van der Waals surface area contributed by atoms with Crippen molar-refractivity contribution in [3.05, 3.63) is 71.6 Å². The van der Waals surface area contributed by atoms with Crippen molar-refractivity contribution in [2.24, 2.45) is 16.7 Å². The van der Waals surface area contributed by atoms with E-state index in [0.717, 1.165) is 16.8 Å². The van der Waals surface area contributed by atoms with Crippen molar-refractivity contribution >= 4 is 34.2 Å². The molecule has 3 atom stereocenters. The molecule has 1 saturated carbocycles. The number of piperidine rings is 1. The van der Waals surface area contributed by atoms with Gasteiger partial charge in [-0.25, -0.2) is 4.98 Å². The van der Waals surface area contributed by atoms with E-state index in [4.69, 9.17) is 0 Å². The summed E-state index contributed by atoms with van der Waals surface area (Å²) >= 11 is 1.33. The van der Waals surface area contributed by atoms with Gasteiger partial charge in [0.15, 0.2) is 5.13 Å². The molecule has 180 valence electrons. The maximum Gasteiger partial charge on any atom is 0.249 e. The predicted molar refractivity (Wildman–Crippen MR) is 137 cm³/mol. The van der Waals surface area contributed by atoms with Gasteiger partial charge in [-0.1, -0.05) is 81.4 Å². The number of hydrogen-bond donors (Lipinski definition) is 1. The Morgan fingerprint density at radius 2 is 1.74 bits per heavy atom. The summed E-state index contributed by atoms with van der Waals surface area (Å²) in [4.78, 5) is 47.0. The highest BCUT2D eigenvalue weighted by Gasteiger charge is 2.65. The number of benzene rings is 2. The number of fused-ring (bicyclic) bond motifs is 2. The minimum absolute atomic E-state index is 0.241. The first-order valence-electron chi connectivity index (χ1n) is 12.0. The van der Waals surface area contributed by atoms with E-state index in [1.54, 1.807) is 0 Å². The van der Waals surface area contributed by atoms with Gasteiger partial charge in [-0.15, -0.1) is 11.3 Å². The van der Waals surface area contributed by atoms with Crippen molar-refractivity contribution in [3.63, 3.8) is 0 Å². The number of nitrogens with one attached hydrogen (secondary N) is 1. The lowest BCUT2D eigenvalue weighted by Crippen LogP contribution is -2.64. The van der Waals surface area contributed by atoms with Crippen LogP contribution in [-0.2, 0) is 20.8 Å². The number of carbonyl (C=O) groups is 3. The maximum atomic E-state index is 13.8. The molecule has 2 aliphatic rings. The molecule has 5 rings (SSSR count). The number of amides is 3. The lowest BCUT2D eigenvalue weighted by atomic mass is 9.62. The zero-order valence-electron chi connectivity index (χ0n) is 20.2. The normalized spacial score (nSPS) is 23.9. The SMILES string of the molecule is CC12CCC(C(=O)N(C(Cc3ccccc3)C(=O)Nc3nc(-c4ccccc4)cs3)C1=O)C2(C)C. The van der Waals surface area contributed by atoms with Gasteiger partial charge in [0.05, 0.1) is 11.1 Å². The summed E-state index contributed by atoms with van der Waals surface area (Å²) < 4.78 is 0. The van der Waals surface area contributed by atoms with Crippen LogP contribution in [0.5, 0.6) is 0 Å². The summed E-state index contributed by atoms with van der Waals surface area (Å²) in [5, 5.41) is 5.23. The van der Waals surface area contributed by atoms with E-state index in [-0.39, 0.29) is 24.2 Å². The summed E-state index contributed by atoms with van der Waals surface area (Å²) in [6.07, 6.45) is 1.57. The molecule has 7 heteroatoms. The summed E-state index contributed by atoms with van der Waals surface area (Å²) in [6, 6.07) is 18.3. The molecule has 1 aliphatic carbocycles. The van der Waals surface area contributed by atoms with Crippen LogP contribution in [0.15, 0.2) is 66.0 Å². The van der Waals surface area contributed by atoms with Crippen LogP contribution in [0, 0.1) is 16.7 Å². The molecule has 35 heavy (non-hydrogen) atoms. The summed E-state index contributed by atoms with van der Waals surface area (Å²) in [6.45, 7) is 5.95. The molecule has 2 heterocycles. The second-order valence-electron chi connectivity index (χ2n) is 10.3. The van der Waals surface area contributed by atoms with Gasteiger partial charge in [-0.3, -0.25) is 19.3 Å². The Balaban J connectivity index is 1.46. The van der Waals surface area contributed by atoms with Gasteiger partial charge in [0.25, 0.3) is 0 Å². The van der Waals surface area contributed by atoms with Crippen LogP contribution >= 0.6 is 11.3 Å². The molecule has 0 radical (unpaired) electrons. The number of carbonyl (C=O) groups excluding carboxylic acids is 3. The van der Waals surface area contributed by atoms with E-state index in [0.29, 0.717) is 18.0 Å². The third kappa shape index (κ3) is 3.88. The van der Waals surface area contributed by atoms with Gasteiger partial charge in [0, 0.05) is 23.3 Å². The Labute approximate surface area is 209 Å². The maximum absolute atomic E-state index is 13.8. The molecule has 1 saturated heterocycles. The number of aromatic nitrogens is 1. The predicted octanol–water partition coefficient (Wildman–Crippen LogP) is 5.17. The summed E-state index contributed by atoms with van der Waals surface area (Å²) in [5.41, 5.74) is 1.49. The van der Waals surface area contributed by atoms with Gasteiger partial charge in [-0.2, -0.15) is 0 Å². The van der Waals surface area contributed by atoms with E-state index in [9.17, 15) is 14.4 Å². The van der Waals surface area contributed by atoms with Crippen LogP contribution in [0.1, 0.15) is 39.2 Å². The number of anilines is 1. The highest BCUT2D eigenvalue weighted by atomic mass is 32.1. The van der Waals surface area contributed by atoms with Crippen LogP contribution in [0.3, 0.4) is 0 Å². The van der Waals surface area contributed by atoms with Crippen molar-refractivity contribution in [2.75, 3.05) is 5.32 Å². The van der Waals surface area contributed by atoms with Gasteiger partial charge in [0.1, 0.15) is 6.04 Å². The van der Waals surface area contributed by atoms with Crippen LogP contribution in [0.25, 0.3) is 11.3 Å². The summed E-state index contributed by atoms with van der Waals surface area (Å²) in [5.74, 6) is -1.16. The van der Waals surface area contributed by atoms with Crippen molar-refractivity contribution in [2.45, 2.75) is 46.1 Å². The summed E-state index contributed by atoms with van der Waals surface area (Å²) in [7, 11) is 0. The zero-order valence-corrected chi connectivity index (χ0v) is 21.0. The second-order valence-corrected chi connectivity index (χ2v) is 11.1. The van der Waals surface area contributed by atoms with Crippen LogP contribution in [0.2, 0.25) is 0 Å². The van der Waals surface area contributed by atoms with Crippen LogP contribution < -0.4 is 5.32 Å². The van der Waals surface area contributed by atoms with E-state index < -0.39 is 22.8 Å². The Bertz CT molecular complexity index is 1270. The fourth-order valence-electron chi connectivity index (χ4n) is 5.54. The molecule has 2 aromatic carbocycles. The molecular weight excluding hydrogens is 458 g/mol. The van der Waals surface area contributed by atoms with Gasteiger partial charge >= 0.3 is 0 Å². The molecule has 0 spiro atoms. The number of likely N-dealkylation sites (tertiary alicyclic amines) is 1. The lowest BCUT2D eigenvalue weighted by molar-refractivity contribution is -0.172. The Morgan fingerprint density at radius 3 is 2.43 bits per heavy atom. The van der Waals surface area contributed by atoms with Crippen molar-refractivity contribution in [3.8, 4) is 11.3 Å². The fraction of sp³-hybridized carbons (Fsp3) is 0.357. The van der Waals surface area contributed by atoms with E-state index in [1.165, 1.54) is 16.2 Å². The first kappa shape index (κ1) is 23.4. The average molecular weight is 488 g/mol. The molecule has 6 nitrogen and oxygen atoms in total. The fourth-order valence-corrected chi connectivity index (χ4v) is 6.27. The number of rotatable bonds is 6. The highest BCUT2D eigenvalue weighted by Crippen LogP contribution is 2.60. The molecule has 2 fully saturated rings. The molecule has 2 bridgehead atoms. The third-order valence-corrected chi connectivity index (χ3v) is 8.90. The van der Waals surface area contributed by atoms with Crippen molar-refractivity contribution < 1.29 is 14.4 Å². The largest absolute Gasteiger partial charge is 0.300 e. The van der Waals surface area contributed by atoms with Crippen LogP contribution in [0.4, 0.5) is 5.13 Å². The third-order valence-electron chi connectivity index (χ3n) is 8.14. The lowest BCUT2D eigenvalue weighted by Gasteiger charge is -2.49. The van der Waals surface area contributed by atoms with Crippen LogP contribution in [-0.4, -0.2) is 33.6 Å². The highest BCUT2D eigenvalue weighted by molar-refractivity contribution is 7.14. The van der Waals surface area contributed by atoms with Gasteiger partial charge < -0.3 is 5.32 Å². The van der Waals surface area contributed by atoms with E-state index in [1.807, 2.05) is 86.8 Å². The average Bonchev–Trinajstić information content (AvgIpc) is 3.38. The molecular formula is C28H29N3O3S. The number of imide groups is 1. The Morgan fingerprint density at radius 1 is 1.09 bits per heavy atom. The standard InChI is InChI=1S/C28H29N3O3S/c1-27(2)20-14-15-28(27,3)25(34)31(24(20)33)22(16-18-10-6-4-7-11-18)23(32)30-26-29-21(17-35-26)19-12-8-5-9-13-19/h4-13,17,20,22H,14-16H2,1-3H3,(H,29,30,32). The Kier molecular flexibility index (Phi) is 5.83. The smallest absolute Gasteiger partial charge is 0.249 e. The zero-order chi connectivity index (χ0) is 24.8. The quantitative estimate of drug-likeness (QED) is 0.487. The second kappa shape index (κ2) is 8.72. The van der Waals surface area contributed by atoms with Crippen molar-refractivity contribution in [1.82, 2.24) is 9.88 Å². The monoisotopic (exact) mass is 487 g/mol. The Hall–Kier alpha value is -3.32.